The molecule has 1 fully saturated rings. The molecule has 1 N–H and O–H groups in total. The van der Waals surface area contributed by atoms with E-state index in [0.29, 0.717) is 62.8 Å². The lowest BCUT2D eigenvalue weighted by Gasteiger charge is -2.36. The first-order valence-corrected chi connectivity index (χ1v) is 12.0. The minimum Gasteiger partial charge on any atom is -0.394 e. The number of benzene rings is 1. The van der Waals surface area contributed by atoms with Gasteiger partial charge in [0.15, 0.2) is 27.3 Å². The summed E-state index contributed by atoms with van der Waals surface area (Å²) in [6.45, 7) is 3.86. The van der Waals surface area contributed by atoms with Crippen LogP contribution in [0.1, 0.15) is 11.3 Å². The maximum absolute atomic E-state index is 14.4. The molecule has 2 aromatic rings. The van der Waals surface area contributed by atoms with Gasteiger partial charge in [0, 0.05) is 44.4 Å². The number of aliphatic hydroxyl groups is 1. The Morgan fingerprint density at radius 1 is 0.969 bits per heavy atom. The molecule has 1 aromatic carbocycles. The summed E-state index contributed by atoms with van der Waals surface area (Å²) in [5.74, 6) is -3.90. The average molecular weight is 472 g/mol. The van der Waals surface area contributed by atoms with Gasteiger partial charge < -0.3 is 14.7 Å². The third-order valence-electron chi connectivity index (χ3n) is 5.50. The lowest BCUT2D eigenvalue weighted by atomic mass is 10.1. The van der Waals surface area contributed by atoms with Crippen molar-refractivity contribution in [1.29, 1.82) is 0 Å². The van der Waals surface area contributed by atoms with Crippen LogP contribution in [0, 0.1) is 17.5 Å². The molecule has 0 radical (unpaired) electrons. The summed E-state index contributed by atoms with van der Waals surface area (Å²) in [7, 11) is -3.42. The van der Waals surface area contributed by atoms with E-state index in [9.17, 15) is 21.6 Å². The number of halogens is 3. The molecule has 2 aliphatic heterocycles. The van der Waals surface area contributed by atoms with Crippen LogP contribution >= 0.6 is 0 Å². The maximum atomic E-state index is 14.4. The Morgan fingerprint density at radius 2 is 1.69 bits per heavy atom. The molecule has 1 aromatic heterocycles. The zero-order valence-corrected chi connectivity index (χ0v) is 18.0. The van der Waals surface area contributed by atoms with Gasteiger partial charge in [-0.15, -0.1) is 0 Å². The predicted octanol–water partition coefficient (Wildman–Crippen LogP) is 1.12. The van der Waals surface area contributed by atoms with Crippen molar-refractivity contribution in [2.24, 2.45) is 0 Å². The summed E-state index contributed by atoms with van der Waals surface area (Å²) in [5.41, 5.74) is 0.405. The van der Waals surface area contributed by atoms with Crippen molar-refractivity contribution in [2.45, 2.75) is 11.5 Å². The molecule has 0 unspecified atom stereocenters. The van der Waals surface area contributed by atoms with Crippen LogP contribution in [0.4, 0.5) is 19.0 Å². The number of nitrogens with zero attached hydrogens (tertiary/aromatic N) is 4. The molecule has 0 amide bonds. The van der Waals surface area contributed by atoms with Gasteiger partial charge in [0.1, 0.15) is 11.6 Å². The van der Waals surface area contributed by atoms with Gasteiger partial charge in [-0.25, -0.2) is 31.6 Å². The lowest BCUT2D eigenvalue weighted by Crippen LogP contribution is -2.48. The number of hydrogen-bond donors (Lipinski definition) is 1. The zero-order chi connectivity index (χ0) is 22.9. The highest BCUT2D eigenvalue weighted by atomic mass is 32.2. The summed E-state index contributed by atoms with van der Waals surface area (Å²) in [6, 6.07) is 1.11. The van der Waals surface area contributed by atoms with Crippen molar-refractivity contribution in [3.05, 3.63) is 40.8 Å². The van der Waals surface area contributed by atoms with E-state index in [2.05, 4.69) is 14.9 Å². The van der Waals surface area contributed by atoms with Gasteiger partial charge >= 0.3 is 0 Å². The highest BCUT2D eigenvalue weighted by Gasteiger charge is 2.33. The zero-order valence-electron chi connectivity index (χ0n) is 17.2. The van der Waals surface area contributed by atoms with Crippen LogP contribution in [0.25, 0.3) is 11.4 Å². The van der Waals surface area contributed by atoms with Crippen molar-refractivity contribution in [1.82, 2.24) is 14.9 Å². The Hall–Kier alpha value is -2.28. The minimum atomic E-state index is -3.42. The van der Waals surface area contributed by atoms with Crippen molar-refractivity contribution in [3.63, 3.8) is 0 Å². The van der Waals surface area contributed by atoms with Crippen molar-refractivity contribution in [3.8, 4) is 11.4 Å². The van der Waals surface area contributed by atoms with E-state index in [4.69, 9.17) is 9.84 Å². The van der Waals surface area contributed by atoms with Crippen LogP contribution in [0.3, 0.4) is 0 Å². The number of aliphatic hydroxyl groups excluding tert-OH is 1. The number of sulfone groups is 1. The number of piperazine rings is 1. The fourth-order valence-corrected chi connectivity index (χ4v) is 5.38. The summed E-state index contributed by atoms with van der Waals surface area (Å²) in [6.07, 6.45) is 0. The topological polar surface area (TPSA) is 95.9 Å². The summed E-state index contributed by atoms with van der Waals surface area (Å²) < 4.78 is 71.3. The van der Waals surface area contributed by atoms with E-state index in [0.717, 1.165) is 0 Å². The predicted molar refractivity (Wildman–Crippen MR) is 110 cm³/mol. The first kappa shape index (κ1) is 22.9. The fraction of sp³-hybridized carbons (Fsp3) is 0.500. The number of hydrogen-bond acceptors (Lipinski definition) is 8. The molecule has 174 valence electrons. The fourth-order valence-electron chi connectivity index (χ4n) is 3.88. The summed E-state index contributed by atoms with van der Waals surface area (Å²) in [4.78, 5) is 12.7. The van der Waals surface area contributed by atoms with Crippen molar-refractivity contribution < 1.29 is 31.4 Å². The molecular weight excluding hydrogens is 449 g/mol. The van der Waals surface area contributed by atoms with Gasteiger partial charge in [0.25, 0.3) is 0 Å². The van der Waals surface area contributed by atoms with E-state index in [-0.39, 0.29) is 41.8 Å². The maximum Gasteiger partial charge on any atom is 0.164 e. The molecule has 2 aliphatic rings. The quantitative estimate of drug-likeness (QED) is 0.473. The van der Waals surface area contributed by atoms with Gasteiger partial charge in [0.2, 0.25) is 0 Å². The molecule has 32 heavy (non-hydrogen) atoms. The molecule has 3 heterocycles. The number of aromatic nitrogens is 2. The van der Waals surface area contributed by atoms with Gasteiger partial charge in [0.05, 0.1) is 42.6 Å². The van der Waals surface area contributed by atoms with Crippen LogP contribution in [0.2, 0.25) is 0 Å². The molecule has 4 rings (SSSR count). The Kier molecular flexibility index (Phi) is 6.65. The molecule has 0 bridgehead atoms. The molecule has 12 heteroatoms. The van der Waals surface area contributed by atoms with E-state index < -0.39 is 27.3 Å². The molecule has 0 aliphatic carbocycles. The smallest absolute Gasteiger partial charge is 0.164 e. The van der Waals surface area contributed by atoms with Crippen LogP contribution in [-0.4, -0.2) is 80.9 Å². The number of fused-ring (bicyclic) bond motifs is 1. The van der Waals surface area contributed by atoms with Crippen LogP contribution < -0.4 is 4.90 Å². The Morgan fingerprint density at radius 3 is 2.41 bits per heavy atom. The van der Waals surface area contributed by atoms with Gasteiger partial charge in [-0.05, 0) is 6.07 Å². The Bertz CT molecular complexity index is 1110. The van der Waals surface area contributed by atoms with E-state index in [1.165, 1.54) is 0 Å². The van der Waals surface area contributed by atoms with Crippen LogP contribution in [0.5, 0.6) is 0 Å². The SMILES string of the molecule is O=S1(=O)Cc2nc(-c3cc(F)c(F)cc3F)nc(N3CCN(CCOCCO)CC3)c2C1. The third kappa shape index (κ3) is 4.87. The van der Waals surface area contributed by atoms with Gasteiger partial charge in [-0.3, -0.25) is 4.90 Å². The second-order valence-corrected chi connectivity index (χ2v) is 9.80. The molecule has 0 saturated carbocycles. The van der Waals surface area contributed by atoms with E-state index in [1.807, 2.05) is 4.90 Å². The number of ether oxygens (including phenoxy) is 1. The minimum absolute atomic E-state index is 0.0314. The lowest BCUT2D eigenvalue weighted by molar-refractivity contribution is 0.0724. The Labute approximate surface area is 183 Å². The standard InChI is InChI=1S/C20H23F3N4O4S/c21-15-10-17(23)16(22)9-13(15)19-24-18-12-32(29,30)11-14(18)20(25-19)27-3-1-26(2-4-27)5-7-31-8-6-28/h9-10,28H,1-8,11-12H2. The van der Waals surface area contributed by atoms with Crippen molar-refractivity contribution >= 4 is 15.7 Å². The molecule has 8 nitrogen and oxygen atoms in total. The monoisotopic (exact) mass is 472 g/mol. The van der Waals surface area contributed by atoms with Crippen LogP contribution in [-0.2, 0) is 26.1 Å². The largest absolute Gasteiger partial charge is 0.394 e. The molecular formula is C20H23F3N4O4S. The summed E-state index contributed by atoms with van der Waals surface area (Å²) in [5, 5.41) is 8.77. The van der Waals surface area contributed by atoms with Crippen molar-refractivity contribution in [2.75, 3.05) is 57.4 Å². The van der Waals surface area contributed by atoms with E-state index >= 15 is 0 Å². The summed E-state index contributed by atoms with van der Waals surface area (Å²) >= 11 is 0. The molecule has 0 spiro atoms. The van der Waals surface area contributed by atoms with Gasteiger partial charge in [-0.1, -0.05) is 0 Å². The van der Waals surface area contributed by atoms with Crippen LogP contribution in [0.15, 0.2) is 12.1 Å². The average Bonchev–Trinajstić information content (AvgIpc) is 3.07. The molecule has 1 saturated heterocycles. The highest BCUT2D eigenvalue weighted by Crippen LogP contribution is 2.34. The van der Waals surface area contributed by atoms with E-state index in [1.54, 1.807) is 0 Å². The first-order valence-electron chi connectivity index (χ1n) is 10.2. The Balaban J connectivity index is 1.61. The second-order valence-electron chi connectivity index (χ2n) is 7.74. The third-order valence-corrected chi connectivity index (χ3v) is 6.94. The first-order chi connectivity index (χ1) is 15.3. The highest BCUT2D eigenvalue weighted by molar-refractivity contribution is 7.90. The molecule has 0 atom stereocenters. The van der Waals surface area contributed by atoms with Gasteiger partial charge in [-0.2, -0.15) is 0 Å². The number of rotatable bonds is 7. The number of anilines is 1. The second kappa shape index (κ2) is 9.30. The normalized spacial score (nSPS) is 18.2.